The zero-order chi connectivity index (χ0) is 15.2. The molecule has 0 radical (unpaired) electrons. The molecule has 0 heterocycles. The van der Waals surface area contributed by atoms with Crippen LogP contribution in [0.2, 0.25) is 5.02 Å². The van der Waals surface area contributed by atoms with Gasteiger partial charge in [-0.25, -0.2) is 4.39 Å². The fraction of sp³-hybridized carbons (Fsp3) is 0.250. The predicted molar refractivity (Wildman–Crippen MR) is 81.5 cm³/mol. The third-order valence-electron chi connectivity index (χ3n) is 3.06. The number of ether oxygens (including phenoxy) is 2. The molecule has 0 aliphatic rings. The van der Waals surface area contributed by atoms with Crippen LogP contribution in [0.3, 0.4) is 0 Å². The minimum absolute atomic E-state index is 0.107. The van der Waals surface area contributed by atoms with Crippen LogP contribution in [0.4, 0.5) is 4.39 Å². The van der Waals surface area contributed by atoms with Gasteiger partial charge < -0.3 is 15.2 Å². The number of benzene rings is 2. The monoisotopic (exact) mass is 309 g/mol. The fourth-order valence-electron chi connectivity index (χ4n) is 1.95. The molecule has 0 bridgehead atoms. The summed E-state index contributed by atoms with van der Waals surface area (Å²) in [6.45, 7) is 0.676. The first kappa shape index (κ1) is 15.6. The van der Waals surface area contributed by atoms with E-state index >= 15 is 0 Å². The largest absolute Gasteiger partial charge is 0.493 e. The van der Waals surface area contributed by atoms with Crippen molar-refractivity contribution >= 4 is 11.6 Å². The lowest BCUT2D eigenvalue weighted by molar-refractivity contribution is 0.279. The number of methoxy groups -OCH3 is 1. The molecular formula is C16H17ClFNO2. The lowest BCUT2D eigenvalue weighted by Gasteiger charge is -2.12. The maximum atomic E-state index is 13.7. The molecule has 0 spiro atoms. The zero-order valence-electron chi connectivity index (χ0n) is 11.7. The summed E-state index contributed by atoms with van der Waals surface area (Å²) in [5.74, 6) is 0.782. The highest BCUT2D eigenvalue weighted by molar-refractivity contribution is 6.30. The van der Waals surface area contributed by atoms with E-state index < -0.39 is 0 Å². The zero-order valence-corrected chi connectivity index (χ0v) is 12.5. The van der Waals surface area contributed by atoms with Crippen LogP contribution in [0.1, 0.15) is 11.1 Å². The van der Waals surface area contributed by atoms with E-state index in [1.807, 2.05) is 12.1 Å². The van der Waals surface area contributed by atoms with Gasteiger partial charge in [-0.3, -0.25) is 0 Å². The summed E-state index contributed by atoms with van der Waals surface area (Å²) in [6.07, 6.45) is 0.766. The first-order valence-electron chi connectivity index (χ1n) is 6.57. The SMILES string of the molecule is COc1cc(CCN)ccc1OCc1ccc(Cl)cc1F. The summed E-state index contributed by atoms with van der Waals surface area (Å²) in [7, 11) is 1.57. The summed E-state index contributed by atoms with van der Waals surface area (Å²) in [6, 6.07) is 10.1. The van der Waals surface area contributed by atoms with E-state index in [-0.39, 0.29) is 12.4 Å². The van der Waals surface area contributed by atoms with E-state index in [2.05, 4.69) is 0 Å². The van der Waals surface area contributed by atoms with Crippen molar-refractivity contribution in [3.63, 3.8) is 0 Å². The van der Waals surface area contributed by atoms with Crippen LogP contribution in [0.5, 0.6) is 11.5 Å². The highest BCUT2D eigenvalue weighted by Gasteiger charge is 2.08. The highest BCUT2D eigenvalue weighted by atomic mass is 35.5. The van der Waals surface area contributed by atoms with Gasteiger partial charge in [0.05, 0.1) is 7.11 Å². The topological polar surface area (TPSA) is 44.5 Å². The van der Waals surface area contributed by atoms with Gasteiger partial charge in [0.2, 0.25) is 0 Å². The summed E-state index contributed by atoms with van der Waals surface area (Å²) in [4.78, 5) is 0. The molecule has 5 heteroatoms. The molecule has 2 aromatic rings. The Morgan fingerprint density at radius 2 is 1.95 bits per heavy atom. The van der Waals surface area contributed by atoms with Gasteiger partial charge >= 0.3 is 0 Å². The van der Waals surface area contributed by atoms with Crippen LogP contribution in [0, 0.1) is 5.82 Å². The Bertz CT molecular complexity index is 619. The third kappa shape index (κ3) is 4.09. The van der Waals surface area contributed by atoms with Crippen LogP contribution in [0.25, 0.3) is 0 Å². The maximum Gasteiger partial charge on any atom is 0.161 e. The van der Waals surface area contributed by atoms with Crippen molar-refractivity contribution < 1.29 is 13.9 Å². The molecule has 112 valence electrons. The second kappa shape index (κ2) is 7.29. The van der Waals surface area contributed by atoms with Crippen molar-refractivity contribution in [2.24, 2.45) is 5.73 Å². The Morgan fingerprint density at radius 3 is 2.62 bits per heavy atom. The van der Waals surface area contributed by atoms with Crippen LogP contribution in [-0.2, 0) is 13.0 Å². The quantitative estimate of drug-likeness (QED) is 0.887. The van der Waals surface area contributed by atoms with Crippen LogP contribution in [-0.4, -0.2) is 13.7 Å². The van der Waals surface area contributed by atoms with Gasteiger partial charge in [-0.05, 0) is 42.8 Å². The van der Waals surface area contributed by atoms with Crippen molar-refractivity contribution in [3.8, 4) is 11.5 Å². The van der Waals surface area contributed by atoms with E-state index in [1.165, 1.54) is 6.07 Å². The average molecular weight is 310 g/mol. The lowest BCUT2D eigenvalue weighted by atomic mass is 10.1. The van der Waals surface area contributed by atoms with Gasteiger partial charge in [-0.2, -0.15) is 0 Å². The Morgan fingerprint density at radius 1 is 1.14 bits per heavy atom. The Hall–Kier alpha value is -1.78. The number of hydrogen-bond acceptors (Lipinski definition) is 3. The van der Waals surface area contributed by atoms with E-state index in [0.717, 1.165) is 12.0 Å². The normalized spacial score (nSPS) is 10.5. The molecule has 0 aromatic heterocycles. The standard InChI is InChI=1S/C16H17ClFNO2/c1-20-16-8-11(6-7-19)2-5-15(16)21-10-12-3-4-13(17)9-14(12)18/h2-5,8-9H,6-7,10,19H2,1H3. The van der Waals surface area contributed by atoms with Gasteiger partial charge in [-0.1, -0.05) is 23.7 Å². The van der Waals surface area contributed by atoms with E-state index in [9.17, 15) is 4.39 Å². The summed E-state index contributed by atoms with van der Waals surface area (Å²) in [5, 5.41) is 0.361. The molecule has 0 saturated heterocycles. The number of nitrogens with two attached hydrogens (primary N) is 1. The van der Waals surface area contributed by atoms with Gasteiger partial charge in [0.25, 0.3) is 0 Å². The van der Waals surface area contributed by atoms with Gasteiger partial charge in [0.1, 0.15) is 12.4 Å². The first-order chi connectivity index (χ1) is 10.1. The second-order valence-electron chi connectivity index (χ2n) is 4.55. The van der Waals surface area contributed by atoms with E-state index in [4.69, 9.17) is 26.8 Å². The molecule has 0 saturated carbocycles. The van der Waals surface area contributed by atoms with E-state index in [0.29, 0.717) is 28.6 Å². The van der Waals surface area contributed by atoms with Gasteiger partial charge in [-0.15, -0.1) is 0 Å². The molecule has 0 aliphatic carbocycles. The molecule has 21 heavy (non-hydrogen) atoms. The smallest absolute Gasteiger partial charge is 0.161 e. The molecular weight excluding hydrogens is 293 g/mol. The molecule has 0 fully saturated rings. The molecule has 2 rings (SSSR count). The Kier molecular flexibility index (Phi) is 5.42. The third-order valence-corrected chi connectivity index (χ3v) is 3.29. The van der Waals surface area contributed by atoms with Crippen molar-refractivity contribution in [2.45, 2.75) is 13.0 Å². The minimum atomic E-state index is -0.388. The minimum Gasteiger partial charge on any atom is -0.493 e. The van der Waals surface area contributed by atoms with Crippen molar-refractivity contribution in [1.29, 1.82) is 0 Å². The van der Waals surface area contributed by atoms with E-state index in [1.54, 1.807) is 25.3 Å². The first-order valence-corrected chi connectivity index (χ1v) is 6.95. The fourth-order valence-corrected chi connectivity index (χ4v) is 2.11. The molecule has 2 N–H and O–H groups in total. The Balaban J connectivity index is 2.12. The average Bonchev–Trinajstić information content (AvgIpc) is 2.47. The van der Waals surface area contributed by atoms with Gasteiger partial charge in [0.15, 0.2) is 11.5 Å². The number of halogens is 2. The second-order valence-corrected chi connectivity index (χ2v) is 4.98. The summed E-state index contributed by atoms with van der Waals surface area (Å²) in [5.41, 5.74) is 7.04. The van der Waals surface area contributed by atoms with Crippen LogP contribution >= 0.6 is 11.6 Å². The molecule has 0 aliphatic heterocycles. The van der Waals surface area contributed by atoms with Gasteiger partial charge in [0, 0.05) is 10.6 Å². The molecule has 2 aromatic carbocycles. The number of hydrogen-bond donors (Lipinski definition) is 1. The Labute approximate surface area is 128 Å². The molecule has 3 nitrogen and oxygen atoms in total. The van der Waals surface area contributed by atoms with Crippen molar-refractivity contribution in [1.82, 2.24) is 0 Å². The van der Waals surface area contributed by atoms with Crippen molar-refractivity contribution in [3.05, 3.63) is 58.4 Å². The number of rotatable bonds is 6. The summed E-state index contributed by atoms with van der Waals surface area (Å²) >= 11 is 5.72. The lowest BCUT2D eigenvalue weighted by Crippen LogP contribution is -2.04. The van der Waals surface area contributed by atoms with Crippen LogP contribution < -0.4 is 15.2 Å². The molecule has 0 atom stereocenters. The molecule has 0 unspecified atom stereocenters. The maximum absolute atomic E-state index is 13.7. The molecule has 0 amide bonds. The summed E-state index contributed by atoms with van der Waals surface area (Å²) < 4.78 is 24.6. The predicted octanol–water partition coefficient (Wildman–Crippen LogP) is 3.57. The highest BCUT2D eigenvalue weighted by Crippen LogP contribution is 2.29. The van der Waals surface area contributed by atoms with Crippen LogP contribution in [0.15, 0.2) is 36.4 Å². The van der Waals surface area contributed by atoms with Crippen molar-refractivity contribution in [2.75, 3.05) is 13.7 Å².